The molecule has 1 aliphatic carbocycles. The van der Waals surface area contributed by atoms with Crippen LogP contribution in [0.5, 0.6) is 11.5 Å². The summed E-state index contributed by atoms with van der Waals surface area (Å²) in [6.07, 6.45) is 3.09. The van der Waals surface area contributed by atoms with Gasteiger partial charge in [-0.2, -0.15) is 0 Å². The van der Waals surface area contributed by atoms with Crippen LogP contribution in [0, 0.1) is 5.92 Å². The molecule has 6 nitrogen and oxygen atoms in total. The Bertz CT molecular complexity index is 654. The third-order valence-corrected chi connectivity index (χ3v) is 4.08. The number of methoxy groups -OCH3 is 2. The predicted molar refractivity (Wildman–Crippen MR) is 79.8 cm³/mol. The number of urea groups is 1. The zero-order valence-electron chi connectivity index (χ0n) is 12.5. The third kappa shape index (κ3) is 2.41. The largest absolute Gasteiger partial charge is 0.493 e. The van der Waals surface area contributed by atoms with Gasteiger partial charge in [0, 0.05) is 12.1 Å². The molecule has 1 aliphatic heterocycles. The van der Waals surface area contributed by atoms with E-state index in [1.165, 1.54) is 0 Å². The Labute approximate surface area is 128 Å². The van der Waals surface area contributed by atoms with Gasteiger partial charge in [-0.05, 0) is 24.1 Å². The van der Waals surface area contributed by atoms with Crippen LogP contribution in [0.4, 0.5) is 4.79 Å². The quantitative estimate of drug-likeness (QED) is 0.894. The number of ketones is 1. The van der Waals surface area contributed by atoms with E-state index in [4.69, 9.17) is 9.47 Å². The van der Waals surface area contributed by atoms with Crippen LogP contribution in [-0.2, 0) is 4.79 Å². The van der Waals surface area contributed by atoms with Crippen LogP contribution in [0.25, 0.3) is 0 Å². The van der Waals surface area contributed by atoms with Crippen LogP contribution in [0.1, 0.15) is 24.4 Å². The number of Topliss-reactive ketones (excluding diaryl/α,β-unsaturated/α-hetero) is 1. The van der Waals surface area contributed by atoms with E-state index in [1.807, 2.05) is 12.1 Å². The third-order valence-electron chi connectivity index (χ3n) is 4.08. The molecule has 3 rings (SSSR count). The normalized spacial score (nSPS) is 23.8. The van der Waals surface area contributed by atoms with Crippen LogP contribution < -0.4 is 20.1 Å². The topological polar surface area (TPSA) is 76.7 Å². The summed E-state index contributed by atoms with van der Waals surface area (Å²) in [5.74, 6) is 0.938. The van der Waals surface area contributed by atoms with Gasteiger partial charge in [0.05, 0.1) is 26.2 Å². The first-order valence-corrected chi connectivity index (χ1v) is 7.16. The van der Waals surface area contributed by atoms with E-state index >= 15 is 0 Å². The van der Waals surface area contributed by atoms with Gasteiger partial charge in [0.15, 0.2) is 11.5 Å². The monoisotopic (exact) mass is 302 g/mol. The summed E-state index contributed by atoms with van der Waals surface area (Å²) in [7, 11) is 3.12. The van der Waals surface area contributed by atoms with Gasteiger partial charge in [-0.3, -0.25) is 4.79 Å². The molecule has 0 spiro atoms. The molecule has 1 aromatic carbocycles. The number of allylic oxidation sites excluding steroid dienone is 1. The first kappa shape index (κ1) is 14.4. The van der Waals surface area contributed by atoms with Crippen LogP contribution in [0.2, 0.25) is 0 Å². The number of carbonyl (C=O) groups excluding carboxylic acids is 2. The minimum absolute atomic E-state index is 0.129. The molecule has 0 unspecified atom stereocenters. The fourth-order valence-electron chi connectivity index (χ4n) is 3.03. The second-order valence-corrected chi connectivity index (χ2v) is 5.33. The van der Waals surface area contributed by atoms with Crippen LogP contribution in [-0.4, -0.2) is 26.0 Å². The van der Waals surface area contributed by atoms with Gasteiger partial charge in [-0.25, -0.2) is 4.79 Å². The molecular weight excluding hydrogens is 284 g/mol. The Morgan fingerprint density at radius 3 is 2.64 bits per heavy atom. The Kier molecular flexibility index (Phi) is 3.75. The average Bonchev–Trinajstić information content (AvgIpc) is 2.53. The molecule has 1 heterocycles. The standard InChI is InChI=1S/C16H18N2O4/c1-21-12-7-6-9(8-13(12)22-2)15-14-10(17-16(20)18-15)4-3-5-11(14)19/h4,6-8,14-15H,3,5H2,1-2H3,(H2,17,18,20)/t14-,15-/m0/s1. The Morgan fingerprint density at radius 1 is 1.14 bits per heavy atom. The van der Waals surface area contributed by atoms with Crippen molar-refractivity contribution >= 4 is 11.8 Å². The predicted octanol–water partition coefficient (Wildman–Crippen LogP) is 1.92. The van der Waals surface area contributed by atoms with Gasteiger partial charge in [-0.15, -0.1) is 0 Å². The highest BCUT2D eigenvalue weighted by molar-refractivity contribution is 5.90. The molecule has 2 amide bonds. The van der Waals surface area contributed by atoms with Crippen molar-refractivity contribution in [1.82, 2.24) is 10.6 Å². The van der Waals surface area contributed by atoms with E-state index in [0.717, 1.165) is 5.56 Å². The van der Waals surface area contributed by atoms with Gasteiger partial charge < -0.3 is 20.1 Å². The summed E-state index contributed by atoms with van der Waals surface area (Å²) in [5.41, 5.74) is 1.51. The Morgan fingerprint density at radius 2 is 1.91 bits per heavy atom. The number of benzene rings is 1. The number of carbonyl (C=O) groups is 2. The first-order chi connectivity index (χ1) is 10.6. The lowest BCUT2D eigenvalue weighted by Crippen LogP contribution is -2.51. The van der Waals surface area contributed by atoms with Crippen molar-refractivity contribution in [1.29, 1.82) is 0 Å². The summed E-state index contributed by atoms with van der Waals surface area (Å²) in [6.45, 7) is 0. The maximum absolute atomic E-state index is 12.3. The Hall–Kier alpha value is -2.50. The smallest absolute Gasteiger partial charge is 0.319 e. The summed E-state index contributed by atoms with van der Waals surface area (Å²) in [5, 5.41) is 5.58. The van der Waals surface area contributed by atoms with Crippen molar-refractivity contribution in [2.24, 2.45) is 5.92 Å². The maximum Gasteiger partial charge on any atom is 0.319 e. The molecule has 22 heavy (non-hydrogen) atoms. The van der Waals surface area contributed by atoms with Crippen molar-refractivity contribution in [3.63, 3.8) is 0 Å². The lowest BCUT2D eigenvalue weighted by Gasteiger charge is -2.36. The van der Waals surface area contributed by atoms with Crippen LogP contribution in [0.15, 0.2) is 30.0 Å². The van der Waals surface area contributed by atoms with E-state index in [0.29, 0.717) is 30.0 Å². The summed E-state index contributed by atoms with van der Waals surface area (Å²) in [6, 6.07) is 4.73. The van der Waals surface area contributed by atoms with Gasteiger partial charge >= 0.3 is 6.03 Å². The van der Waals surface area contributed by atoms with E-state index < -0.39 is 6.04 Å². The molecule has 1 fully saturated rings. The molecule has 1 saturated heterocycles. The van der Waals surface area contributed by atoms with Gasteiger partial charge in [-0.1, -0.05) is 12.1 Å². The van der Waals surface area contributed by atoms with Crippen molar-refractivity contribution in [2.75, 3.05) is 14.2 Å². The van der Waals surface area contributed by atoms with Gasteiger partial charge in [0.1, 0.15) is 5.78 Å². The van der Waals surface area contributed by atoms with Crippen molar-refractivity contribution in [3.8, 4) is 11.5 Å². The molecule has 0 saturated carbocycles. The number of hydrogen-bond donors (Lipinski definition) is 2. The number of nitrogens with one attached hydrogen (secondary N) is 2. The molecule has 2 atom stereocenters. The highest BCUT2D eigenvalue weighted by Gasteiger charge is 2.39. The van der Waals surface area contributed by atoms with Gasteiger partial charge in [0.2, 0.25) is 0 Å². The number of fused-ring (bicyclic) bond motifs is 1. The fraction of sp³-hybridized carbons (Fsp3) is 0.375. The van der Waals surface area contributed by atoms with Crippen LogP contribution >= 0.6 is 0 Å². The van der Waals surface area contributed by atoms with Crippen molar-refractivity contribution in [2.45, 2.75) is 18.9 Å². The van der Waals surface area contributed by atoms with E-state index in [-0.39, 0.29) is 17.7 Å². The van der Waals surface area contributed by atoms with Crippen molar-refractivity contribution < 1.29 is 19.1 Å². The van der Waals surface area contributed by atoms with Crippen LogP contribution in [0.3, 0.4) is 0 Å². The van der Waals surface area contributed by atoms with E-state index in [9.17, 15) is 9.59 Å². The molecule has 2 aliphatic rings. The summed E-state index contributed by atoms with van der Waals surface area (Å²) >= 11 is 0. The molecule has 0 bridgehead atoms. The average molecular weight is 302 g/mol. The molecule has 6 heteroatoms. The fourth-order valence-corrected chi connectivity index (χ4v) is 3.03. The molecule has 116 valence electrons. The molecule has 0 radical (unpaired) electrons. The Balaban J connectivity index is 2.01. The number of ether oxygens (including phenoxy) is 2. The lowest BCUT2D eigenvalue weighted by atomic mass is 9.80. The summed E-state index contributed by atoms with van der Waals surface area (Å²) in [4.78, 5) is 24.2. The first-order valence-electron chi connectivity index (χ1n) is 7.16. The number of rotatable bonds is 3. The number of amides is 2. The maximum atomic E-state index is 12.3. The minimum Gasteiger partial charge on any atom is -0.493 e. The van der Waals surface area contributed by atoms with Crippen molar-refractivity contribution in [3.05, 3.63) is 35.5 Å². The van der Waals surface area contributed by atoms with E-state index in [1.54, 1.807) is 26.4 Å². The number of hydrogen-bond acceptors (Lipinski definition) is 4. The van der Waals surface area contributed by atoms with E-state index in [2.05, 4.69) is 10.6 Å². The SMILES string of the molecule is COc1ccc([C@@H]2NC(=O)NC3=CCCC(=O)[C@H]32)cc1OC. The zero-order chi connectivity index (χ0) is 15.7. The molecule has 1 aromatic rings. The second kappa shape index (κ2) is 5.71. The zero-order valence-corrected chi connectivity index (χ0v) is 12.5. The van der Waals surface area contributed by atoms with Gasteiger partial charge in [0.25, 0.3) is 0 Å². The second-order valence-electron chi connectivity index (χ2n) is 5.33. The molecule has 0 aromatic heterocycles. The highest BCUT2D eigenvalue weighted by Crippen LogP contribution is 2.37. The summed E-state index contributed by atoms with van der Waals surface area (Å²) < 4.78 is 10.5. The minimum atomic E-state index is -0.396. The highest BCUT2D eigenvalue weighted by atomic mass is 16.5. The lowest BCUT2D eigenvalue weighted by molar-refractivity contribution is -0.123. The molecular formula is C16H18N2O4. The molecule has 2 N–H and O–H groups in total.